The van der Waals surface area contributed by atoms with E-state index in [2.05, 4.69) is 5.32 Å². The summed E-state index contributed by atoms with van der Waals surface area (Å²) in [5.74, 6) is -1.81. The maximum atomic E-state index is 12.0. The molecule has 0 atom stereocenters. The van der Waals surface area contributed by atoms with Gasteiger partial charge in [-0.1, -0.05) is 18.2 Å². The van der Waals surface area contributed by atoms with Crippen LogP contribution in [0.15, 0.2) is 62.6 Å². The lowest BCUT2D eigenvalue weighted by atomic mass is 10.3. The zero-order valence-corrected chi connectivity index (χ0v) is 14.7. The van der Waals surface area contributed by atoms with E-state index in [1.807, 2.05) is 24.5 Å². The van der Waals surface area contributed by atoms with Gasteiger partial charge in [-0.25, -0.2) is 4.79 Å². The van der Waals surface area contributed by atoms with Gasteiger partial charge in [-0.3, -0.25) is 14.2 Å². The van der Waals surface area contributed by atoms with E-state index in [9.17, 15) is 14.4 Å². The molecule has 0 aliphatic rings. The fraction of sp³-hybridized carbons (Fsp3) is 0.167. The molecule has 0 aliphatic heterocycles. The summed E-state index contributed by atoms with van der Waals surface area (Å²) >= 11 is 1.55. The maximum Gasteiger partial charge on any atom is 0.420 e. The van der Waals surface area contributed by atoms with Gasteiger partial charge in [-0.05, 0) is 36.6 Å². The first-order valence-electron chi connectivity index (χ1n) is 7.75. The second-order valence-corrected chi connectivity index (χ2v) is 6.24. The molecule has 134 valence electrons. The highest BCUT2D eigenvalue weighted by atomic mass is 32.2. The van der Waals surface area contributed by atoms with Gasteiger partial charge >= 0.3 is 11.7 Å². The van der Waals surface area contributed by atoms with Gasteiger partial charge < -0.3 is 14.5 Å². The van der Waals surface area contributed by atoms with Gasteiger partial charge in [0.25, 0.3) is 5.91 Å². The second-order valence-electron chi connectivity index (χ2n) is 5.36. The SMILES string of the molecule is CSc1cccc(NC(=O)COC(=O)Cn2c(=O)oc3ccccc32)c1. The topological polar surface area (TPSA) is 90.5 Å². The molecule has 1 aromatic heterocycles. The molecule has 1 heterocycles. The molecule has 1 N–H and O–H groups in total. The minimum atomic E-state index is -0.702. The Morgan fingerprint density at radius 1 is 1.19 bits per heavy atom. The van der Waals surface area contributed by atoms with E-state index in [1.165, 1.54) is 0 Å². The van der Waals surface area contributed by atoms with Crippen LogP contribution in [0.3, 0.4) is 0 Å². The number of hydrogen-bond donors (Lipinski definition) is 1. The molecule has 8 heteroatoms. The van der Waals surface area contributed by atoms with Gasteiger partial charge in [0.1, 0.15) is 6.54 Å². The lowest BCUT2D eigenvalue weighted by Crippen LogP contribution is -2.25. The lowest BCUT2D eigenvalue weighted by Gasteiger charge is -2.08. The Morgan fingerprint density at radius 2 is 2.00 bits per heavy atom. The van der Waals surface area contributed by atoms with Crippen molar-refractivity contribution >= 4 is 40.4 Å². The highest BCUT2D eigenvalue weighted by Gasteiger charge is 2.14. The normalized spacial score (nSPS) is 10.7. The van der Waals surface area contributed by atoms with E-state index in [-0.39, 0.29) is 6.54 Å². The number of thioether (sulfide) groups is 1. The minimum Gasteiger partial charge on any atom is -0.454 e. The number of nitrogens with one attached hydrogen (secondary N) is 1. The summed E-state index contributed by atoms with van der Waals surface area (Å²) in [4.78, 5) is 36.7. The predicted octanol–water partition coefficient (Wildman–Crippen LogP) is 2.50. The van der Waals surface area contributed by atoms with Gasteiger partial charge in [-0.15, -0.1) is 11.8 Å². The van der Waals surface area contributed by atoms with Gasteiger partial charge in [0.2, 0.25) is 0 Å². The Hall–Kier alpha value is -3.00. The number of esters is 1. The molecule has 0 bridgehead atoms. The third-order valence-electron chi connectivity index (χ3n) is 3.58. The number of fused-ring (bicyclic) bond motifs is 1. The third-order valence-corrected chi connectivity index (χ3v) is 4.30. The van der Waals surface area contributed by atoms with Gasteiger partial charge in [-0.2, -0.15) is 0 Å². The van der Waals surface area contributed by atoms with Crippen molar-refractivity contribution in [1.29, 1.82) is 0 Å². The number of benzene rings is 2. The van der Waals surface area contributed by atoms with Crippen LogP contribution in [0.1, 0.15) is 0 Å². The van der Waals surface area contributed by atoms with Crippen LogP contribution in [-0.4, -0.2) is 29.3 Å². The number of aromatic nitrogens is 1. The molecule has 0 spiro atoms. The zero-order valence-electron chi connectivity index (χ0n) is 13.9. The van der Waals surface area contributed by atoms with Crippen molar-refractivity contribution in [2.45, 2.75) is 11.4 Å². The van der Waals surface area contributed by atoms with Crippen LogP contribution < -0.4 is 11.1 Å². The second kappa shape index (κ2) is 7.92. The molecule has 3 rings (SSSR count). The van der Waals surface area contributed by atoms with Crippen LogP contribution in [-0.2, 0) is 20.9 Å². The summed E-state index contributed by atoms with van der Waals surface area (Å²) in [5, 5.41) is 2.66. The number of carbonyl (C=O) groups excluding carboxylic acids is 2. The fourth-order valence-electron chi connectivity index (χ4n) is 2.38. The number of hydrogen-bond acceptors (Lipinski definition) is 6. The standard InChI is InChI=1S/C18H16N2O5S/c1-26-13-6-4-5-12(9-13)19-16(21)11-24-17(22)10-20-14-7-2-3-8-15(14)25-18(20)23/h2-9H,10-11H2,1H3,(H,19,21). The number of carbonyl (C=O) groups is 2. The Balaban J connectivity index is 1.57. The molecule has 3 aromatic rings. The fourth-order valence-corrected chi connectivity index (χ4v) is 2.84. The van der Waals surface area contributed by atoms with Crippen molar-refractivity contribution in [3.63, 3.8) is 0 Å². The smallest absolute Gasteiger partial charge is 0.420 e. The van der Waals surface area contributed by atoms with Crippen LogP contribution in [0.5, 0.6) is 0 Å². The summed E-state index contributed by atoms with van der Waals surface area (Å²) in [7, 11) is 0. The summed E-state index contributed by atoms with van der Waals surface area (Å²) in [6, 6.07) is 14.1. The Labute approximate surface area is 152 Å². The zero-order chi connectivity index (χ0) is 18.5. The number of ether oxygens (including phenoxy) is 1. The van der Waals surface area contributed by atoms with Crippen molar-refractivity contribution < 1.29 is 18.7 Å². The first kappa shape index (κ1) is 17.8. The van der Waals surface area contributed by atoms with Crippen LogP contribution >= 0.6 is 11.8 Å². The van der Waals surface area contributed by atoms with Crippen LogP contribution in [0.4, 0.5) is 5.69 Å². The van der Waals surface area contributed by atoms with E-state index in [0.29, 0.717) is 16.8 Å². The maximum absolute atomic E-state index is 12.0. The van der Waals surface area contributed by atoms with Gasteiger partial charge in [0, 0.05) is 10.6 Å². The molecule has 2 aromatic carbocycles. The van der Waals surface area contributed by atoms with E-state index in [0.717, 1.165) is 9.46 Å². The number of amides is 1. The van der Waals surface area contributed by atoms with Crippen molar-refractivity contribution in [2.24, 2.45) is 0 Å². The molecule has 0 aliphatic carbocycles. The number of para-hydroxylation sites is 2. The summed E-state index contributed by atoms with van der Waals surface area (Å²) in [6.45, 7) is -0.766. The van der Waals surface area contributed by atoms with Crippen molar-refractivity contribution in [3.8, 4) is 0 Å². The predicted molar refractivity (Wildman–Crippen MR) is 98.3 cm³/mol. The Morgan fingerprint density at radius 3 is 2.81 bits per heavy atom. The van der Waals surface area contributed by atoms with E-state index >= 15 is 0 Å². The first-order valence-corrected chi connectivity index (χ1v) is 8.97. The molecule has 0 fully saturated rings. The molecule has 0 unspecified atom stereocenters. The average Bonchev–Trinajstić information content (AvgIpc) is 2.95. The van der Waals surface area contributed by atoms with Crippen molar-refractivity contribution in [3.05, 3.63) is 59.1 Å². The van der Waals surface area contributed by atoms with E-state index < -0.39 is 24.2 Å². The molecule has 0 saturated carbocycles. The van der Waals surface area contributed by atoms with Crippen LogP contribution in [0.2, 0.25) is 0 Å². The third kappa shape index (κ3) is 4.15. The van der Waals surface area contributed by atoms with Gasteiger partial charge in [0.15, 0.2) is 12.2 Å². The number of anilines is 1. The molecule has 26 heavy (non-hydrogen) atoms. The Kier molecular flexibility index (Phi) is 5.43. The quantitative estimate of drug-likeness (QED) is 0.528. The molecular formula is C18H16N2O5S. The van der Waals surface area contributed by atoms with Crippen LogP contribution in [0.25, 0.3) is 11.1 Å². The summed E-state index contributed by atoms with van der Waals surface area (Å²) < 4.78 is 11.2. The molecule has 1 amide bonds. The molecular weight excluding hydrogens is 356 g/mol. The van der Waals surface area contributed by atoms with Crippen molar-refractivity contribution in [1.82, 2.24) is 4.57 Å². The number of nitrogens with zero attached hydrogens (tertiary/aromatic N) is 1. The van der Waals surface area contributed by atoms with E-state index in [1.54, 1.807) is 42.1 Å². The monoisotopic (exact) mass is 372 g/mol. The van der Waals surface area contributed by atoms with Gasteiger partial charge in [0.05, 0.1) is 5.52 Å². The molecule has 7 nitrogen and oxygen atoms in total. The molecule has 0 saturated heterocycles. The Bertz CT molecular complexity index is 1010. The first-order chi connectivity index (χ1) is 12.6. The summed E-state index contributed by atoms with van der Waals surface area (Å²) in [6.07, 6.45) is 1.93. The number of oxazole rings is 1. The van der Waals surface area contributed by atoms with Crippen LogP contribution in [0, 0.1) is 0 Å². The largest absolute Gasteiger partial charge is 0.454 e. The number of rotatable bonds is 6. The van der Waals surface area contributed by atoms with Crippen molar-refractivity contribution in [2.75, 3.05) is 18.2 Å². The molecule has 0 radical (unpaired) electrons. The lowest BCUT2D eigenvalue weighted by molar-refractivity contribution is -0.147. The summed E-state index contributed by atoms with van der Waals surface area (Å²) in [5.41, 5.74) is 1.50. The average molecular weight is 372 g/mol. The van der Waals surface area contributed by atoms with E-state index in [4.69, 9.17) is 9.15 Å². The minimum absolute atomic E-state index is 0.328. The highest BCUT2D eigenvalue weighted by molar-refractivity contribution is 7.98. The highest BCUT2D eigenvalue weighted by Crippen LogP contribution is 2.18.